The molecular weight excluding hydrogens is 369 g/mol. The summed E-state index contributed by atoms with van der Waals surface area (Å²) in [6, 6.07) is 37.8. The first-order chi connectivity index (χ1) is 14.3. The average Bonchev–Trinajstić information content (AvgIpc) is 2.80. The fourth-order valence-corrected chi connectivity index (χ4v) is 8.38. The van der Waals surface area contributed by atoms with E-state index in [1.54, 1.807) is 0 Å². The van der Waals surface area contributed by atoms with Crippen molar-refractivity contribution in [1.29, 1.82) is 0 Å². The summed E-state index contributed by atoms with van der Waals surface area (Å²) in [4.78, 5) is 0. The van der Waals surface area contributed by atoms with E-state index in [4.69, 9.17) is 0 Å². The van der Waals surface area contributed by atoms with Crippen LogP contribution in [0.2, 0.25) is 0 Å². The van der Waals surface area contributed by atoms with Gasteiger partial charge in [-0.05, 0) is 48.9 Å². The fourth-order valence-electron chi connectivity index (χ4n) is 4.05. The minimum Gasteiger partial charge on any atom is -0.205 e. The molecule has 0 fully saturated rings. The summed E-state index contributed by atoms with van der Waals surface area (Å²) < 4.78 is 2.31. The molecule has 0 aliphatic heterocycles. The molecule has 0 bridgehead atoms. The highest BCUT2D eigenvalue weighted by atomic mass is 31.2. The second-order valence-corrected chi connectivity index (χ2v) is 11.1. The lowest BCUT2D eigenvalue weighted by Gasteiger charge is -2.27. The maximum Gasteiger partial charge on any atom is 0.169 e. The zero-order chi connectivity index (χ0) is 19.9. The van der Waals surface area contributed by atoms with Crippen LogP contribution in [0, 0.1) is 6.92 Å². The van der Waals surface area contributed by atoms with E-state index in [1.807, 2.05) is 0 Å². The second kappa shape index (κ2) is 9.16. The van der Waals surface area contributed by atoms with Crippen LogP contribution in [-0.4, -0.2) is 6.16 Å². The van der Waals surface area contributed by atoms with E-state index in [9.17, 15) is 0 Å². The van der Waals surface area contributed by atoms with Gasteiger partial charge >= 0.3 is 0 Å². The molecule has 1 nitrogen and oxygen atoms in total. The quantitative estimate of drug-likeness (QED) is 0.315. The lowest BCUT2D eigenvalue weighted by molar-refractivity contribution is -0.696. The summed E-state index contributed by atoms with van der Waals surface area (Å²) in [6.07, 6.45) is 6.69. The van der Waals surface area contributed by atoms with Crippen LogP contribution in [0.15, 0.2) is 116 Å². The molecule has 1 aromatic heterocycles. The zero-order valence-electron chi connectivity index (χ0n) is 17.0. The second-order valence-electron chi connectivity index (χ2n) is 7.51. The van der Waals surface area contributed by atoms with E-state index in [0.717, 1.165) is 19.1 Å². The van der Waals surface area contributed by atoms with Gasteiger partial charge in [0.25, 0.3) is 0 Å². The highest BCUT2D eigenvalue weighted by molar-refractivity contribution is 7.95. The molecule has 144 valence electrons. The van der Waals surface area contributed by atoms with Gasteiger partial charge in [0.15, 0.2) is 18.9 Å². The van der Waals surface area contributed by atoms with Gasteiger partial charge in [-0.15, -0.1) is 0 Å². The highest BCUT2D eigenvalue weighted by Crippen LogP contribution is 2.55. The van der Waals surface area contributed by atoms with Gasteiger partial charge in [-0.2, -0.15) is 0 Å². The molecule has 4 aromatic rings. The van der Waals surface area contributed by atoms with Crippen LogP contribution >= 0.6 is 7.26 Å². The number of aromatic nitrogens is 1. The van der Waals surface area contributed by atoms with Gasteiger partial charge in [0.2, 0.25) is 0 Å². The van der Waals surface area contributed by atoms with E-state index in [1.165, 1.54) is 21.5 Å². The topological polar surface area (TPSA) is 3.88 Å². The molecule has 3 aromatic carbocycles. The van der Waals surface area contributed by atoms with Crippen molar-refractivity contribution in [2.24, 2.45) is 0 Å². The third-order valence-corrected chi connectivity index (χ3v) is 10.1. The van der Waals surface area contributed by atoms with Crippen molar-refractivity contribution in [2.75, 3.05) is 6.16 Å². The Labute approximate surface area is 175 Å². The van der Waals surface area contributed by atoms with Gasteiger partial charge in [-0.25, -0.2) is 4.57 Å². The first-order valence-corrected chi connectivity index (χ1v) is 12.3. The number of aryl methyl sites for hydroxylation is 2. The predicted octanol–water partition coefficient (Wildman–Crippen LogP) is 4.67. The van der Waals surface area contributed by atoms with Gasteiger partial charge in [0.1, 0.15) is 23.2 Å². The lowest BCUT2D eigenvalue weighted by Crippen LogP contribution is -2.37. The summed E-state index contributed by atoms with van der Waals surface area (Å²) in [5.74, 6) is 0. The van der Waals surface area contributed by atoms with Crippen molar-refractivity contribution in [3.05, 3.63) is 121 Å². The molecule has 0 atom stereocenters. The smallest absolute Gasteiger partial charge is 0.169 e. The Balaban J connectivity index is 1.76. The Morgan fingerprint density at radius 2 is 1.00 bits per heavy atom. The monoisotopic (exact) mass is 397 g/mol. The van der Waals surface area contributed by atoms with Crippen molar-refractivity contribution in [3.8, 4) is 0 Å². The minimum absolute atomic E-state index is 1.04. The van der Waals surface area contributed by atoms with E-state index >= 15 is 0 Å². The first kappa shape index (κ1) is 19.6. The third-order valence-electron chi connectivity index (χ3n) is 5.56. The molecule has 0 N–H and O–H groups in total. The van der Waals surface area contributed by atoms with Crippen molar-refractivity contribution >= 4 is 23.2 Å². The molecule has 0 aliphatic rings. The molecule has 2 heteroatoms. The Morgan fingerprint density at radius 3 is 1.41 bits per heavy atom. The van der Waals surface area contributed by atoms with E-state index in [0.29, 0.717) is 0 Å². The molecule has 0 aliphatic carbocycles. The lowest BCUT2D eigenvalue weighted by atomic mass is 10.3. The molecular formula is C27H28NP+2. The van der Waals surface area contributed by atoms with Gasteiger partial charge in [0.05, 0.1) is 6.16 Å². The largest absolute Gasteiger partial charge is 0.205 e. The van der Waals surface area contributed by atoms with Crippen molar-refractivity contribution < 1.29 is 4.57 Å². The molecule has 0 saturated carbocycles. The minimum atomic E-state index is -1.71. The zero-order valence-corrected chi connectivity index (χ0v) is 17.9. The van der Waals surface area contributed by atoms with Crippen molar-refractivity contribution in [2.45, 2.75) is 19.9 Å². The molecule has 0 spiro atoms. The molecule has 1 heterocycles. The van der Waals surface area contributed by atoms with Crippen LogP contribution in [0.25, 0.3) is 0 Å². The molecule has 0 amide bonds. The normalized spacial score (nSPS) is 11.3. The van der Waals surface area contributed by atoms with Crippen LogP contribution < -0.4 is 20.5 Å². The highest BCUT2D eigenvalue weighted by Gasteiger charge is 2.44. The molecule has 0 unspecified atom stereocenters. The summed E-state index contributed by atoms with van der Waals surface area (Å²) in [7, 11) is -1.71. The maximum atomic E-state index is 2.33. The summed E-state index contributed by atoms with van der Waals surface area (Å²) in [6.45, 7) is 3.18. The molecule has 0 saturated heterocycles. The molecule has 4 rings (SSSR count). The van der Waals surface area contributed by atoms with Crippen LogP contribution in [0.3, 0.4) is 0 Å². The summed E-state index contributed by atoms with van der Waals surface area (Å²) >= 11 is 0. The van der Waals surface area contributed by atoms with Crippen molar-refractivity contribution in [1.82, 2.24) is 0 Å². The van der Waals surface area contributed by atoms with E-state index < -0.39 is 7.26 Å². The third kappa shape index (κ3) is 4.31. The Morgan fingerprint density at radius 1 is 0.586 bits per heavy atom. The SMILES string of the molecule is Cc1cc[n+](CCC[P+](c2ccccc2)(c2ccccc2)c2ccccc2)cc1. The van der Waals surface area contributed by atoms with Crippen molar-refractivity contribution in [3.63, 3.8) is 0 Å². The van der Waals surface area contributed by atoms with E-state index in [-0.39, 0.29) is 0 Å². The number of rotatable bonds is 7. The number of nitrogens with zero attached hydrogens (tertiary/aromatic N) is 1. The number of benzene rings is 3. The van der Waals surface area contributed by atoms with Crippen LogP contribution in [0.5, 0.6) is 0 Å². The Hall–Kier alpha value is -2.76. The summed E-state index contributed by atoms with van der Waals surface area (Å²) in [5.41, 5.74) is 1.31. The molecule has 0 radical (unpaired) electrons. The standard InChI is InChI=1S/C27H28NP/c1-24-18-21-28(22-19-24)20-11-23-29(25-12-5-2-6-13-25,26-14-7-3-8-15-26)27-16-9-4-10-17-27/h2-10,12-19,21-22H,11,20,23H2,1H3/q+2. The van der Waals surface area contributed by atoms with Gasteiger partial charge < -0.3 is 0 Å². The fraction of sp³-hybridized carbons (Fsp3) is 0.148. The number of hydrogen-bond donors (Lipinski definition) is 0. The van der Waals surface area contributed by atoms with Gasteiger partial charge in [-0.3, -0.25) is 0 Å². The van der Waals surface area contributed by atoms with E-state index in [2.05, 4.69) is 127 Å². The Kier molecular flexibility index (Phi) is 6.17. The number of hydrogen-bond acceptors (Lipinski definition) is 0. The first-order valence-electron chi connectivity index (χ1n) is 10.3. The van der Waals surface area contributed by atoms with Gasteiger partial charge in [-0.1, -0.05) is 54.6 Å². The molecule has 29 heavy (non-hydrogen) atoms. The summed E-state index contributed by atoms with van der Waals surface area (Å²) in [5, 5.41) is 4.39. The predicted molar refractivity (Wildman–Crippen MR) is 126 cm³/mol. The van der Waals surface area contributed by atoms with Crippen LogP contribution in [0.4, 0.5) is 0 Å². The number of pyridine rings is 1. The Bertz CT molecular complexity index is 916. The average molecular weight is 398 g/mol. The van der Waals surface area contributed by atoms with Crippen LogP contribution in [0.1, 0.15) is 12.0 Å². The van der Waals surface area contributed by atoms with Crippen LogP contribution in [-0.2, 0) is 6.54 Å². The maximum absolute atomic E-state index is 2.33. The van der Waals surface area contributed by atoms with Gasteiger partial charge in [0, 0.05) is 18.6 Å².